The molecule has 1 heterocycles. The van der Waals surface area contributed by atoms with Crippen molar-refractivity contribution in [2.45, 2.75) is 18.0 Å². The van der Waals surface area contributed by atoms with Crippen molar-refractivity contribution >= 4 is 10.0 Å². The Bertz CT molecular complexity index is 1070. The molecule has 0 fully saturated rings. The first-order valence-corrected chi connectivity index (χ1v) is 9.68. The fourth-order valence-electron chi connectivity index (χ4n) is 2.72. The van der Waals surface area contributed by atoms with E-state index in [1.54, 1.807) is 19.1 Å². The van der Waals surface area contributed by atoms with Gasteiger partial charge in [-0.3, -0.25) is 5.10 Å². The van der Waals surface area contributed by atoms with Crippen LogP contribution in [0.5, 0.6) is 5.75 Å². The van der Waals surface area contributed by atoms with Gasteiger partial charge in [-0.2, -0.15) is 18.3 Å². The molecular formula is C18H16F3N3O3S. The maximum absolute atomic E-state index is 13.5. The molecule has 0 radical (unpaired) electrons. The van der Waals surface area contributed by atoms with Crippen LogP contribution in [0.1, 0.15) is 12.6 Å². The lowest BCUT2D eigenvalue weighted by molar-refractivity contribution is -0.140. The highest BCUT2D eigenvalue weighted by molar-refractivity contribution is 7.89. The summed E-state index contributed by atoms with van der Waals surface area (Å²) >= 11 is 0. The van der Waals surface area contributed by atoms with Crippen LogP contribution in [0.4, 0.5) is 13.2 Å². The normalized spacial score (nSPS) is 12.2. The van der Waals surface area contributed by atoms with Crippen molar-refractivity contribution in [3.8, 4) is 28.1 Å². The van der Waals surface area contributed by atoms with E-state index in [9.17, 15) is 21.6 Å². The fourth-order valence-corrected chi connectivity index (χ4v) is 3.24. The van der Waals surface area contributed by atoms with Gasteiger partial charge in [0, 0.05) is 11.1 Å². The van der Waals surface area contributed by atoms with Crippen LogP contribution in [0.15, 0.2) is 53.4 Å². The minimum absolute atomic E-state index is 0.0393. The van der Waals surface area contributed by atoms with E-state index < -0.39 is 21.9 Å². The number of hydrogen-bond acceptors (Lipinski definition) is 4. The van der Waals surface area contributed by atoms with E-state index in [1.807, 2.05) is 5.10 Å². The van der Waals surface area contributed by atoms with Crippen molar-refractivity contribution in [1.29, 1.82) is 0 Å². The van der Waals surface area contributed by atoms with E-state index in [2.05, 4.69) is 5.10 Å². The Morgan fingerprint density at radius 1 is 1.04 bits per heavy atom. The summed E-state index contributed by atoms with van der Waals surface area (Å²) in [5.74, 6) is 0.530. The van der Waals surface area contributed by atoms with Gasteiger partial charge < -0.3 is 4.74 Å². The molecule has 0 bridgehead atoms. The van der Waals surface area contributed by atoms with Gasteiger partial charge in [0.2, 0.25) is 10.0 Å². The number of hydrogen-bond donors (Lipinski definition) is 2. The maximum Gasteiger partial charge on any atom is 0.433 e. The van der Waals surface area contributed by atoms with Gasteiger partial charge in [0.15, 0.2) is 0 Å². The second-order valence-electron chi connectivity index (χ2n) is 5.85. The molecule has 0 aliphatic carbocycles. The molecule has 0 atom stereocenters. The summed E-state index contributed by atoms with van der Waals surface area (Å²) in [6.07, 6.45) is -4.65. The number of primary sulfonamides is 1. The monoisotopic (exact) mass is 411 g/mol. The van der Waals surface area contributed by atoms with E-state index in [-0.39, 0.29) is 21.7 Å². The predicted octanol–water partition coefficient (Wildman–Crippen LogP) is 3.81. The number of benzene rings is 2. The zero-order chi connectivity index (χ0) is 20.5. The zero-order valence-electron chi connectivity index (χ0n) is 14.6. The summed E-state index contributed by atoms with van der Waals surface area (Å²) in [6, 6.07) is 11.3. The third kappa shape index (κ3) is 4.02. The van der Waals surface area contributed by atoms with Crippen LogP contribution < -0.4 is 9.88 Å². The number of aromatic amines is 1. The van der Waals surface area contributed by atoms with E-state index in [1.165, 1.54) is 36.4 Å². The van der Waals surface area contributed by atoms with Gasteiger partial charge in [-0.15, -0.1) is 0 Å². The van der Waals surface area contributed by atoms with Crippen molar-refractivity contribution in [2.24, 2.45) is 5.14 Å². The molecule has 0 aliphatic rings. The molecule has 1 aromatic heterocycles. The average Bonchev–Trinajstić information content (AvgIpc) is 3.07. The van der Waals surface area contributed by atoms with Crippen LogP contribution in [-0.2, 0) is 16.2 Å². The lowest BCUT2D eigenvalue weighted by Crippen LogP contribution is -2.11. The summed E-state index contributed by atoms with van der Waals surface area (Å²) in [5.41, 5.74) is -0.503. The Morgan fingerprint density at radius 3 is 2.11 bits per heavy atom. The van der Waals surface area contributed by atoms with Gasteiger partial charge >= 0.3 is 6.18 Å². The van der Waals surface area contributed by atoms with Crippen molar-refractivity contribution in [3.05, 3.63) is 54.2 Å². The molecule has 148 valence electrons. The third-order valence-corrected chi connectivity index (χ3v) is 4.89. The second-order valence-corrected chi connectivity index (χ2v) is 7.41. The van der Waals surface area contributed by atoms with Crippen LogP contribution in [0.3, 0.4) is 0 Å². The van der Waals surface area contributed by atoms with Crippen LogP contribution in [0.25, 0.3) is 22.4 Å². The van der Waals surface area contributed by atoms with E-state index >= 15 is 0 Å². The molecule has 6 nitrogen and oxygen atoms in total. The predicted molar refractivity (Wildman–Crippen MR) is 97.0 cm³/mol. The number of nitrogens with zero attached hydrogens (tertiary/aromatic N) is 1. The molecule has 0 amide bonds. The number of sulfonamides is 1. The van der Waals surface area contributed by atoms with Gasteiger partial charge in [0.1, 0.15) is 17.1 Å². The fraction of sp³-hybridized carbons (Fsp3) is 0.167. The second kappa shape index (κ2) is 7.28. The lowest BCUT2D eigenvalue weighted by Gasteiger charge is -2.10. The summed E-state index contributed by atoms with van der Waals surface area (Å²) in [4.78, 5) is -0.148. The van der Waals surface area contributed by atoms with Crippen molar-refractivity contribution < 1.29 is 26.3 Å². The smallest absolute Gasteiger partial charge is 0.433 e. The molecular weight excluding hydrogens is 395 g/mol. The highest BCUT2D eigenvalue weighted by Crippen LogP contribution is 2.41. The molecule has 3 N–H and O–H groups in total. The summed E-state index contributed by atoms with van der Waals surface area (Å²) in [5, 5.41) is 10.9. The standard InChI is InChI=1S/C18H16F3N3O3S/c1-2-27-13-7-3-11(4-8-13)15-16(23-24-17(15)18(19,20)21)12-5-9-14(10-6-12)28(22,25)26/h3-10H,2H2,1H3,(H,23,24)(H2,22,25,26). The Balaban J connectivity index is 2.14. The van der Waals surface area contributed by atoms with Crippen LogP contribution in [0, 0.1) is 0 Å². The highest BCUT2D eigenvalue weighted by atomic mass is 32.2. The van der Waals surface area contributed by atoms with Gasteiger partial charge in [0.25, 0.3) is 0 Å². The minimum Gasteiger partial charge on any atom is -0.494 e. The summed E-state index contributed by atoms with van der Waals surface area (Å²) < 4.78 is 68.6. The Hall–Kier alpha value is -2.85. The SMILES string of the molecule is CCOc1ccc(-c2c(-c3ccc(S(N)(=O)=O)cc3)n[nH]c2C(F)(F)F)cc1. The van der Waals surface area contributed by atoms with E-state index in [0.717, 1.165) is 0 Å². The number of halogens is 3. The number of aromatic nitrogens is 2. The molecule has 2 aromatic carbocycles. The molecule has 3 aromatic rings. The number of ether oxygens (including phenoxy) is 1. The van der Waals surface area contributed by atoms with Gasteiger partial charge in [-0.1, -0.05) is 24.3 Å². The number of nitrogens with one attached hydrogen (secondary N) is 1. The average molecular weight is 411 g/mol. The summed E-state index contributed by atoms with van der Waals surface area (Å²) in [6.45, 7) is 2.23. The maximum atomic E-state index is 13.5. The van der Waals surface area contributed by atoms with Crippen molar-refractivity contribution in [2.75, 3.05) is 6.61 Å². The molecule has 0 saturated carbocycles. The van der Waals surface area contributed by atoms with Crippen LogP contribution in [-0.4, -0.2) is 25.2 Å². The Labute approximate surface area is 159 Å². The summed E-state index contributed by atoms with van der Waals surface area (Å²) in [7, 11) is -3.91. The molecule has 0 spiro atoms. The quantitative estimate of drug-likeness (QED) is 0.667. The third-order valence-electron chi connectivity index (χ3n) is 3.96. The van der Waals surface area contributed by atoms with Crippen LogP contribution >= 0.6 is 0 Å². The molecule has 0 aliphatic heterocycles. The molecule has 0 unspecified atom stereocenters. The minimum atomic E-state index is -4.65. The molecule has 3 rings (SSSR count). The Kier molecular flexibility index (Phi) is 5.18. The Morgan fingerprint density at radius 2 is 1.61 bits per heavy atom. The van der Waals surface area contributed by atoms with Gasteiger partial charge in [0.05, 0.1) is 11.5 Å². The number of H-pyrrole nitrogens is 1. The first-order chi connectivity index (χ1) is 13.1. The zero-order valence-corrected chi connectivity index (χ0v) is 15.4. The number of alkyl halides is 3. The van der Waals surface area contributed by atoms with E-state index in [4.69, 9.17) is 9.88 Å². The largest absolute Gasteiger partial charge is 0.494 e. The number of nitrogens with two attached hydrogens (primary N) is 1. The lowest BCUT2D eigenvalue weighted by atomic mass is 9.98. The number of rotatable bonds is 5. The van der Waals surface area contributed by atoms with Crippen LogP contribution in [0.2, 0.25) is 0 Å². The van der Waals surface area contributed by atoms with Crippen molar-refractivity contribution in [3.63, 3.8) is 0 Å². The van der Waals surface area contributed by atoms with Crippen molar-refractivity contribution in [1.82, 2.24) is 10.2 Å². The first kappa shape index (κ1) is 19.9. The molecule has 0 saturated heterocycles. The molecule has 28 heavy (non-hydrogen) atoms. The highest BCUT2D eigenvalue weighted by Gasteiger charge is 2.38. The van der Waals surface area contributed by atoms with Gasteiger partial charge in [-0.25, -0.2) is 13.6 Å². The topological polar surface area (TPSA) is 98.1 Å². The first-order valence-electron chi connectivity index (χ1n) is 8.13. The van der Waals surface area contributed by atoms with Gasteiger partial charge in [-0.05, 0) is 36.8 Å². The van der Waals surface area contributed by atoms with E-state index in [0.29, 0.717) is 17.9 Å². The molecule has 10 heteroatoms.